The number of hydrogen-bond donors (Lipinski definition) is 0. The van der Waals surface area contributed by atoms with Crippen LogP contribution in [0.1, 0.15) is 37.1 Å². The van der Waals surface area contributed by atoms with Crippen molar-refractivity contribution in [1.29, 1.82) is 0 Å². The predicted octanol–water partition coefficient (Wildman–Crippen LogP) is 7.91. The molecule has 14 heteroatoms. The number of anilines is 1. The number of amidine groups is 1. The van der Waals surface area contributed by atoms with Crippen LogP contribution in [-0.4, -0.2) is 50.8 Å². The molecule has 3 aromatic carbocycles. The molecule has 2 heterocycles. The van der Waals surface area contributed by atoms with Gasteiger partial charge in [0.05, 0.1) is 5.69 Å². The van der Waals surface area contributed by atoms with E-state index in [4.69, 9.17) is 0 Å². The summed E-state index contributed by atoms with van der Waals surface area (Å²) >= 11 is 1.36. The van der Waals surface area contributed by atoms with Gasteiger partial charge in [0, 0.05) is 29.8 Å². The fraction of sp³-hybridized carbons (Fsp3) is 0.233. The van der Waals surface area contributed by atoms with Crippen LogP contribution in [0.3, 0.4) is 0 Å². The summed E-state index contributed by atoms with van der Waals surface area (Å²) in [5.74, 6) is 0.333. The van der Waals surface area contributed by atoms with Crippen LogP contribution in [0.5, 0.6) is 5.75 Å². The lowest BCUT2D eigenvalue weighted by Crippen LogP contribution is -2.25. The maximum atomic E-state index is 14.9. The molecule has 1 aliphatic rings. The van der Waals surface area contributed by atoms with Gasteiger partial charge in [0.15, 0.2) is 17.2 Å². The van der Waals surface area contributed by atoms with E-state index in [1.165, 1.54) is 59.2 Å². The number of halogens is 5. The van der Waals surface area contributed by atoms with Crippen molar-refractivity contribution in [3.63, 3.8) is 0 Å². The molecule has 0 aliphatic carbocycles. The zero-order valence-corrected chi connectivity index (χ0v) is 24.2. The van der Waals surface area contributed by atoms with Crippen LogP contribution in [0.4, 0.5) is 32.4 Å². The Bertz CT molecular complexity index is 1690. The molecule has 0 radical (unpaired) electrons. The van der Waals surface area contributed by atoms with Gasteiger partial charge in [-0.2, -0.15) is 4.99 Å². The summed E-state index contributed by atoms with van der Waals surface area (Å²) in [6, 6.07) is 15.0. The van der Waals surface area contributed by atoms with Crippen LogP contribution in [-0.2, 0) is 0 Å². The molecule has 1 atom stereocenters. The third kappa shape index (κ3) is 7.48. The number of aromatic nitrogens is 3. The number of hydrogen-bond acceptors (Lipinski definition) is 5. The Kier molecular flexibility index (Phi) is 9.09. The highest BCUT2D eigenvalue weighted by Gasteiger charge is 2.31. The maximum absolute atomic E-state index is 14.9. The van der Waals surface area contributed by atoms with Crippen LogP contribution in [0.15, 0.2) is 83.0 Å². The van der Waals surface area contributed by atoms with Crippen molar-refractivity contribution < 1.29 is 31.5 Å². The molecule has 1 unspecified atom stereocenters. The molecule has 0 N–H and O–H groups in total. The fourth-order valence-electron chi connectivity index (χ4n) is 4.41. The van der Waals surface area contributed by atoms with E-state index < -0.39 is 18.6 Å². The minimum absolute atomic E-state index is 0.0500. The molecule has 228 valence electrons. The Labute approximate surface area is 253 Å². The Morgan fingerprint density at radius 2 is 1.80 bits per heavy atom. The standard InChI is InChI=1S/C30H25F5N6O2S/c1-18(2)24-15-21(31)7-12-26(24)40-13-14-44-29(40)38-28(42)36-16-25(32)19-3-5-20(6-4-19)27-37-17-41(39-27)22-8-10-23(11-9-22)43-30(33,34)35/h3-12,15-18,25H,13-14H2,1-2H3. The van der Waals surface area contributed by atoms with Crippen LogP contribution in [0.25, 0.3) is 17.1 Å². The highest BCUT2D eigenvalue weighted by atomic mass is 32.2. The van der Waals surface area contributed by atoms with E-state index in [1.807, 2.05) is 18.7 Å². The van der Waals surface area contributed by atoms with Crippen molar-refractivity contribution in [2.75, 3.05) is 17.2 Å². The van der Waals surface area contributed by atoms with Crippen molar-refractivity contribution in [3.8, 4) is 22.8 Å². The van der Waals surface area contributed by atoms with Crippen LogP contribution in [0.2, 0.25) is 0 Å². The Hall–Kier alpha value is -4.59. The number of alkyl halides is 4. The predicted molar refractivity (Wildman–Crippen MR) is 159 cm³/mol. The summed E-state index contributed by atoms with van der Waals surface area (Å²) in [4.78, 5) is 26.3. The van der Waals surface area contributed by atoms with Crippen molar-refractivity contribution in [3.05, 3.63) is 90.0 Å². The Morgan fingerprint density at radius 3 is 2.48 bits per heavy atom. The topological polar surface area (TPSA) is 85.0 Å². The van der Waals surface area contributed by atoms with E-state index in [0.29, 0.717) is 34.5 Å². The largest absolute Gasteiger partial charge is 0.573 e. The molecule has 0 spiro atoms. The first-order valence-electron chi connectivity index (χ1n) is 13.4. The number of thioether (sulfide) groups is 1. The second kappa shape index (κ2) is 13.0. The van der Waals surface area contributed by atoms with Gasteiger partial charge in [-0.15, -0.1) is 18.3 Å². The van der Waals surface area contributed by atoms with Gasteiger partial charge in [0.2, 0.25) is 0 Å². The van der Waals surface area contributed by atoms with Crippen LogP contribution < -0.4 is 9.64 Å². The average Bonchev–Trinajstić information content (AvgIpc) is 3.66. The first-order valence-corrected chi connectivity index (χ1v) is 14.3. The first-order chi connectivity index (χ1) is 21.0. The Morgan fingerprint density at radius 1 is 1.07 bits per heavy atom. The summed E-state index contributed by atoms with van der Waals surface area (Å²) in [6.07, 6.45) is -4.21. The number of aliphatic imine (C=N–C) groups is 2. The SMILES string of the molecule is CC(C)c1cc(F)ccc1N1CCSC1=NC(=O)N=CC(F)c1ccc(-c2ncn(-c3ccc(OC(F)(F)F)cc3)n2)cc1. The van der Waals surface area contributed by atoms with Gasteiger partial charge >= 0.3 is 12.4 Å². The molecule has 1 aromatic heterocycles. The number of nitrogens with zero attached hydrogens (tertiary/aromatic N) is 6. The first kappa shape index (κ1) is 30.9. The molecule has 8 nitrogen and oxygen atoms in total. The van der Waals surface area contributed by atoms with Crippen molar-refractivity contribution in [2.24, 2.45) is 9.98 Å². The molecule has 1 saturated heterocycles. The lowest BCUT2D eigenvalue weighted by Gasteiger charge is -2.23. The minimum atomic E-state index is -4.79. The molecular formula is C30H25F5N6O2S. The fourth-order valence-corrected chi connectivity index (χ4v) is 5.36. The molecule has 2 amide bonds. The molecule has 1 aliphatic heterocycles. The zero-order valence-electron chi connectivity index (χ0n) is 23.4. The number of benzene rings is 3. The third-order valence-corrected chi connectivity index (χ3v) is 7.46. The quantitative estimate of drug-likeness (QED) is 0.153. The van der Waals surface area contributed by atoms with Crippen LogP contribution in [0, 0.1) is 5.82 Å². The normalized spacial score (nSPS) is 15.5. The summed E-state index contributed by atoms with van der Waals surface area (Å²) in [7, 11) is 0. The second-order valence-electron chi connectivity index (χ2n) is 9.89. The smallest absolute Gasteiger partial charge is 0.406 e. The molecule has 0 saturated carbocycles. The lowest BCUT2D eigenvalue weighted by atomic mass is 10.0. The molecule has 44 heavy (non-hydrogen) atoms. The molecule has 0 bridgehead atoms. The van der Waals surface area contributed by atoms with Crippen LogP contribution >= 0.6 is 11.8 Å². The number of rotatable bonds is 7. The molecule has 1 fully saturated rings. The molecule has 4 aromatic rings. The van der Waals surface area contributed by atoms with E-state index >= 15 is 0 Å². The zero-order chi connectivity index (χ0) is 31.4. The van der Waals surface area contributed by atoms with Gasteiger partial charge in [0.25, 0.3) is 0 Å². The monoisotopic (exact) mass is 628 g/mol. The van der Waals surface area contributed by atoms with Gasteiger partial charge in [-0.25, -0.2) is 28.2 Å². The number of carbonyl (C=O) groups is 1. The van der Waals surface area contributed by atoms with E-state index in [2.05, 4.69) is 24.8 Å². The summed E-state index contributed by atoms with van der Waals surface area (Å²) in [5, 5.41) is 4.74. The highest BCUT2D eigenvalue weighted by Crippen LogP contribution is 2.33. The van der Waals surface area contributed by atoms with E-state index in [-0.39, 0.29) is 23.0 Å². The number of amides is 2. The average molecular weight is 629 g/mol. The Balaban J connectivity index is 1.23. The van der Waals surface area contributed by atoms with E-state index in [1.54, 1.807) is 18.2 Å². The van der Waals surface area contributed by atoms with Crippen molar-refractivity contribution >= 4 is 34.9 Å². The lowest BCUT2D eigenvalue weighted by molar-refractivity contribution is -0.274. The second-order valence-corrected chi connectivity index (χ2v) is 11.0. The van der Waals surface area contributed by atoms with E-state index in [0.717, 1.165) is 29.6 Å². The minimum Gasteiger partial charge on any atom is -0.406 e. The molecular weight excluding hydrogens is 603 g/mol. The van der Waals surface area contributed by atoms with E-state index in [9.17, 15) is 26.7 Å². The van der Waals surface area contributed by atoms with Gasteiger partial charge in [-0.1, -0.05) is 49.9 Å². The van der Waals surface area contributed by atoms with Crippen molar-refractivity contribution in [2.45, 2.75) is 32.3 Å². The summed E-state index contributed by atoms with van der Waals surface area (Å²) in [6.45, 7) is 4.49. The third-order valence-electron chi connectivity index (χ3n) is 6.50. The summed E-state index contributed by atoms with van der Waals surface area (Å²) < 4.78 is 71.1. The number of ether oxygens (including phenoxy) is 1. The van der Waals surface area contributed by atoms with Gasteiger partial charge in [-0.05, 0) is 59.5 Å². The maximum Gasteiger partial charge on any atom is 0.573 e. The van der Waals surface area contributed by atoms with Gasteiger partial charge in [-0.3, -0.25) is 0 Å². The number of carbonyl (C=O) groups excluding carboxylic acids is 1. The summed E-state index contributed by atoms with van der Waals surface area (Å²) in [5.41, 5.74) is 2.82. The number of urea groups is 1. The molecule has 5 rings (SSSR count). The highest BCUT2D eigenvalue weighted by molar-refractivity contribution is 8.14. The van der Waals surface area contributed by atoms with Gasteiger partial charge < -0.3 is 9.64 Å². The van der Waals surface area contributed by atoms with Gasteiger partial charge in [0.1, 0.15) is 17.9 Å². The van der Waals surface area contributed by atoms with Crippen molar-refractivity contribution in [1.82, 2.24) is 14.8 Å².